The maximum Gasteiger partial charge on any atom is 0.514 e. The number of carbonyl (C=O) groups is 1. The Hall–Kier alpha value is -0.553. The third-order valence-electron chi connectivity index (χ3n) is 3.44. The van der Waals surface area contributed by atoms with Gasteiger partial charge in [0.15, 0.2) is 0 Å². The Morgan fingerprint density at radius 2 is 1.57 bits per heavy atom. The van der Waals surface area contributed by atoms with E-state index in [4.69, 9.17) is 24.7 Å². The van der Waals surface area contributed by atoms with Crippen molar-refractivity contribution in [1.29, 1.82) is 0 Å². The summed E-state index contributed by atoms with van der Waals surface area (Å²) in [5, 5.41) is 9.42. The molecule has 0 aromatic rings. The van der Waals surface area contributed by atoms with Gasteiger partial charge < -0.3 is 34.8 Å². The molecule has 0 spiro atoms. The molecule has 126 valence electrons. The summed E-state index contributed by atoms with van der Waals surface area (Å²) in [7, 11) is 1.08. The lowest BCUT2D eigenvalue weighted by Gasteiger charge is -2.30. The van der Waals surface area contributed by atoms with Crippen molar-refractivity contribution < 1.29 is 23.2 Å². The molecule has 0 aliphatic heterocycles. The second-order valence-corrected chi connectivity index (χ2v) is 7.80. The van der Waals surface area contributed by atoms with E-state index in [2.05, 4.69) is 4.90 Å². The van der Waals surface area contributed by atoms with E-state index in [-0.39, 0.29) is 0 Å². The molecule has 1 unspecified atom stereocenters. The molecule has 21 heavy (non-hydrogen) atoms. The zero-order valence-electron chi connectivity index (χ0n) is 13.2. The van der Waals surface area contributed by atoms with Gasteiger partial charge in [0.2, 0.25) is 0 Å². The van der Waals surface area contributed by atoms with E-state index < -0.39 is 20.3 Å². The van der Waals surface area contributed by atoms with Gasteiger partial charge in [-0.1, -0.05) is 0 Å². The summed E-state index contributed by atoms with van der Waals surface area (Å²) in [6, 6.07) is 0. The molecule has 1 atom stereocenters. The van der Waals surface area contributed by atoms with Crippen LogP contribution in [0.3, 0.4) is 0 Å². The number of carboxylic acids is 1. The molecule has 0 bridgehead atoms. The van der Waals surface area contributed by atoms with Crippen LogP contribution in [0.1, 0.15) is 12.8 Å². The molecule has 0 saturated carbocycles. The highest BCUT2D eigenvalue weighted by Gasteiger charge is 2.51. The van der Waals surface area contributed by atoms with E-state index in [1.54, 1.807) is 0 Å². The molecule has 0 aromatic carbocycles. The van der Waals surface area contributed by atoms with Crippen LogP contribution >= 0.6 is 0 Å². The predicted molar refractivity (Wildman–Crippen MR) is 81.9 cm³/mol. The Morgan fingerprint density at radius 3 is 1.90 bits per heavy atom. The Morgan fingerprint density at radius 1 is 1.10 bits per heavy atom. The first kappa shape index (κ1) is 20.4. The summed E-state index contributed by atoms with van der Waals surface area (Å²) in [5.41, 5.74) is 10.3. The monoisotopic (exact) mass is 323 g/mol. The molecular formula is C12H29N3O5Si. The van der Waals surface area contributed by atoms with Gasteiger partial charge in [-0.25, -0.2) is 0 Å². The molecule has 0 fully saturated rings. The average Bonchev–Trinajstić information content (AvgIpc) is 2.47. The number of aliphatic carboxylic acids is 1. The van der Waals surface area contributed by atoms with Crippen molar-refractivity contribution in [3.63, 3.8) is 0 Å². The van der Waals surface area contributed by atoms with Gasteiger partial charge in [-0.15, -0.1) is 0 Å². The van der Waals surface area contributed by atoms with Gasteiger partial charge in [0.05, 0.1) is 0 Å². The fourth-order valence-electron chi connectivity index (χ4n) is 2.35. The summed E-state index contributed by atoms with van der Waals surface area (Å²) in [6.45, 7) is 3.33. The predicted octanol–water partition coefficient (Wildman–Crippen LogP) is -0.681. The van der Waals surface area contributed by atoms with Gasteiger partial charge in [-0.2, -0.15) is 0 Å². The standard InChI is InChI=1S/C12H29N3O5Si/c1-18-21(19-2,20-3)11(12(16)17)5-4-8-15(9-6-13)10-7-14/h11H,4-10,13-14H2,1-3H3,(H,16,17). The van der Waals surface area contributed by atoms with Gasteiger partial charge in [0.25, 0.3) is 0 Å². The second kappa shape index (κ2) is 11.1. The van der Waals surface area contributed by atoms with Gasteiger partial charge in [-0.05, 0) is 19.4 Å². The van der Waals surface area contributed by atoms with Crippen LogP contribution in [0.5, 0.6) is 0 Å². The number of nitrogens with zero attached hydrogens (tertiary/aromatic N) is 1. The van der Waals surface area contributed by atoms with Crippen molar-refractivity contribution in [1.82, 2.24) is 4.90 Å². The Kier molecular flexibility index (Phi) is 10.8. The van der Waals surface area contributed by atoms with Gasteiger partial charge in [-0.3, -0.25) is 4.79 Å². The minimum atomic E-state index is -3.19. The van der Waals surface area contributed by atoms with Crippen molar-refractivity contribution in [2.45, 2.75) is 18.4 Å². The van der Waals surface area contributed by atoms with Crippen LogP contribution in [-0.4, -0.2) is 78.8 Å². The van der Waals surface area contributed by atoms with Crippen LogP contribution < -0.4 is 11.5 Å². The molecule has 0 saturated heterocycles. The highest BCUT2D eigenvalue weighted by Crippen LogP contribution is 2.29. The molecule has 0 heterocycles. The van der Waals surface area contributed by atoms with E-state index in [0.717, 1.165) is 19.6 Å². The first-order chi connectivity index (χ1) is 10.0. The summed E-state index contributed by atoms with van der Waals surface area (Å²) >= 11 is 0. The molecule has 0 radical (unpaired) electrons. The second-order valence-electron chi connectivity index (χ2n) is 4.67. The summed E-state index contributed by atoms with van der Waals surface area (Å²) in [5.74, 6) is -0.962. The third kappa shape index (κ3) is 6.39. The lowest BCUT2D eigenvalue weighted by Crippen LogP contribution is -2.50. The topological polar surface area (TPSA) is 120 Å². The Labute approximate surface area is 127 Å². The Balaban J connectivity index is 4.61. The van der Waals surface area contributed by atoms with Crippen molar-refractivity contribution in [2.24, 2.45) is 11.5 Å². The molecule has 0 aromatic heterocycles. The van der Waals surface area contributed by atoms with Gasteiger partial charge in [0, 0.05) is 47.5 Å². The number of rotatable bonds is 13. The molecule has 9 heteroatoms. The molecule has 0 rings (SSSR count). The van der Waals surface area contributed by atoms with Crippen molar-refractivity contribution in [2.75, 3.05) is 54.1 Å². The van der Waals surface area contributed by atoms with Crippen LogP contribution in [-0.2, 0) is 18.1 Å². The fraction of sp³-hybridized carbons (Fsp3) is 0.917. The average molecular weight is 323 g/mol. The van der Waals surface area contributed by atoms with Crippen LogP contribution in [0, 0.1) is 0 Å². The minimum absolute atomic E-state index is 0.419. The molecule has 0 aliphatic carbocycles. The molecule has 5 N–H and O–H groups in total. The summed E-state index contributed by atoms with van der Waals surface area (Å²) in [6.07, 6.45) is 1.10. The van der Waals surface area contributed by atoms with E-state index in [1.165, 1.54) is 21.3 Å². The summed E-state index contributed by atoms with van der Waals surface area (Å²) in [4.78, 5) is 13.6. The first-order valence-electron chi connectivity index (χ1n) is 7.02. The van der Waals surface area contributed by atoms with Crippen LogP contribution in [0.2, 0.25) is 5.54 Å². The number of hydrogen-bond donors (Lipinski definition) is 3. The van der Waals surface area contributed by atoms with E-state index in [0.29, 0.717) is 25.9 Å². The van der Waals surface area contributed by atoms with Crippen LogP contribution in [0.4, 0.5) is 0 Å². The van der Waals surface area contributed by atoms with Crippen molar-refractivity contribution in [3.8, 4) is 0 Å². The minimum Gasteiger partial charge on any atom is -0.481 e. The highest BCUT2D eigenvalue weighted by molar-refractivity contribution is 6.66. The lowest BCUT2D eigenvalue weighted by molar-refractivity contribution is -0.138. The maximum atomic E-state index is 11.5. The maximum absolute atomic E-state index is 11.5. The molecule has 0 amide bonds. The van der Waals surface area contributed by atoms with Crippen LogP contribution in [0.15, 0.2) is 0 Å². The lowest BCUT2D eigenvalue weighted by atomic mass is 10.2. The molecule has 0 aliphatic rings. The van der Waals surface area contributed by atoms with Crippen molar-refractivity contribution >= 4 is 14.8 Å². The van der Waals surface area contributed by atoms with Gasteiger partial charge >= 0.3 is 14.8 Å². The summed E-state index contributed by atoms with van der Waals surface area (Å²) < 4.78 is 15.8. The number of hydrogen-bond acceptors (Lipinski definition) is 7. The van der Waals surface area contributed by atoms with Crippen molar-refractivity contribution in [3.05, 3.63) is 0 Å². The van der Waals surface area contributed by atoms with Crippen LogP contribution in [0.25, 0.3) is 0 Å². The highest BCUT2D eigenvalue weighted by atomic mass is 28.4. The zero-order chi connectivity index (χ0) is 16.3. The Bertz CT molecular complexity index is 278. The third-order valence-corrected chi connectivity index (χ3v) is 6.53. The van der Waals surface area contributed by atoms with Gasteiger partial charge in [0.1, 0.15) is 5.54 Å². The molecule has 8 nitrogen and oxygen atoms in total. The first-order valence-corrected chi connectivity index (χ1v) is 8.82. The zero-order valence-corrected chi connectivity index (χ0v) is 14.2. The fourth-order valence-corrected chi connectivity index (χ4v) is 4.56. The van der Waals surface area contributed by atoms with E-state index >= 15 is 0 Å². The normalized spacial score (nSPS) is 13.6. The van der Waals surface area contributed by atoms with E-state index in [9.17, 15) is 9.90 Å². The SMILES string of the molecule is CO[Si](OC)(OC)C(CCCN(CCN)CCN)C(=O)O. The van der Waals surface area contributed by atoms with E-state index in [1.807, 2.05) is 0 Å². The largest absolute Gasteiger partial charge is 0.514 e. The quantitative estimate of drug-likeness (QED) is 0.381. The molecular weight excluding hydrogens is 294 g/mol. The number of nitrogens with two attached hydrogens (primary N) is 2. The number of carboxylic acid groups (broad SMARTS) is 1. The smallest absolute Gasteiger partial charge is 0.481 e.